The zero-order valence-electron chi connectivity index (χ0n) is 8.87. The van der Waals surface area contributed by atoms with Crippen molar-refractivity contribution in [2.75, 3.05) is 0 Å². The monoisotopic (exact) mass is 216 g/mol. The molecule has 0 spiro atoms. The number of hydrogen-bond acceptors (Lipinski definition) is 3. The van der Waals surface area contributed by atoms with Gasteiger partial charge in [-0.15, -0.1) is 0 Å². The number of aliphatic imine (C=N–C) groups is 1. The Morgan fingerprint density at radius 2 is 1.87 bits per heavy atom. The summed E-state index contributed by atoms with van der Waals surface area (Å²) in [5.74, 6) is 0. The highest BCUT2D eigenvalue weighted by Crippen LogP contribution is 2.24. The molecule has 0 aliphatic heterocycles. The van der Waals surface area contributed by atoms with Crippen LogP contribution in [0.5, 0.6) is 0 Å². The highest BCUT2D eigenvalue weighted by molar-refractivity contribution is 7.78. The zero-order valence-corrected chi connectivity index (χ0v) is 9.69. The van der Waals surface area contributed by atoms with Gasteiger partial charge in [-0.2, -0.15) is 10.3 Å². The lowest BCUT2D eigenvalue weighted by Crippen LogP contribution is -1.92. The Labute approximate surface area is 95.3 Å². The summed E-state index contributed by atoms with van der Waals surface area (Å²) in [4.78, 5) is 3.90. The summed E-state index contributed by atoms with van der Waals surface area (Å²) in [5, 5.41) is 11.3. The van der Waals surface area contributed by atoms with Crippen molar-refractivity contribution in [3.05, 3.63) is 28.8 Å². The predicted octanol–water partition coefficient (Wildman–Crippen LogP) is 3.42. The molecule has 0 unspecified atom stereocenters. The molecule has 0 fully saturated rings. The summed E-state index contributed by atoms with van der Waals surface area (Å²) < 4.78 is 0. The molecule has 0 N–H and O–H groups in total. The standard InChI is InChI=1S/C12H12N2S/c1-3-9-5-11(7-13)12(14-8-15)6-10(9)4-2/h5-6H,3-4H2,1-2H3. The Bertz CT molecular complexity index is 451. The van der Waals surface area contributed by atoms with E-state index < -0.39 is 0 Å². The molecule has 0 aliphatic carbocycles. The first-order valence-electron chi connectivity index (χ1n) is 4.90. The molecule has 0 radical (unpaired) electrons. The normalized spacial score (nSPS) is 9.13. The van der Waals surface area contributed by atoms with Crippen LogP contribution in [0.15, 0.2) is 17.1 Å². The van der Waals surface area contributed by atoms with Crippen molar-refractivity contribution in [3.8, 4) is 6.07 Å². The molecule has 0 atom stereocenters. The molecule has 3 heteroatoms. The maximum absolute atomic E-state index is 8.96. The van der Waals surface area contributed by atoms with Gasteiger partial charge < -0.3 is 0 Å². The van der Waals surface area contributed by atoms with Crippen LogP contribution in [0.2, 0.25) is 0 Å². The second-order valence-electron chi connectivity index (χ2n) is 3.16. The van der Waals surface area contributed by atoms with Crippen LogP contribution < -0.4 is 0 Å². The van der Waals surface area contributed by atoms with Gasteiger partial charge in [0.2, 0.25) is 0 Å². The molecule has 0 saturated heterocycles. The molecule has 0 saturated carbocycles. The van der Waals surface area contributed by atoms with Gasteiger partial charge in [0.1, 0.15) is 6.07 Å². The third-order valence-electron chi connectivity index (χ3n) is 2.37. The van der Waals surface area contributed by atoms with E-state index in [1.165, 1.54) is 11.1 Å². The predicted molar refractivity (Wildman–Crippen MR) is 64.6 cm³/mol. The Morgan fingerprint density at radius 3 is 2.33 bits per heavy atom. The van der Waals surface area contributed by atoms with Crippen LogP contribution in [0.1, 0.15) is 30.5 Å². The van der Waals surface area contributed by atoms with Crippen LogP contribution in [0.25, 0.3) is 0 Å². The van der Waals surface area contributed by atoms with Gasteiger partial charge in [-0.05, 0) is 48.3 Å². The van der Waals surface area contributed by atoms with Crippen LogP contribution in [0, 0.1) is 11.3 Å². The minimum absolute atomic E-state index is 0.571. The van der Waals surface area contributed by atoms with Crippen molar-refractivity contribution in [2.24, 2.45) is 4.99 Å². The van der Waals surface area contributed by atoms with Gasteiger partial charge >= 0.3 is 0 Å². The molecular formula is C12H12N2S. The molecule has 0 aromatic heterocycles. The molecule has 1 rings (SSSR count). The van der Waals surface area contributed by atoms with Gasteiger partial charge in [-0.25, -0.2) is 0 Å². The molecule has 1 aromatic carbocycles. The van der Waals surface area contributed by atoms with Crippen LogP contribution in [-0.4, -0.2) is 5.16 Å². The summed E-state index contributed by atoms with van der Waals surface area (Å²) in [6.07, 6.45) is 1.87. The van der Waals surface area contributed by atoms with E-state index >= 15 is 0 Å². The van der Waals surface area contributed by atoms with E-state index in [9.17, 15) is 0 Å². The van der Waals surface area contributed by atoms with Crippen molar-refractivity contribution in [1.82, 2.24) is 0 Å². The largest absolute Gasteiger partial charge is 0.193 e. The fourth-order valence-electron chi connectivity index (χ4n) is 1.57. The first-order chi connectivity index (χ1) is 7.26. The first kappa shape index (κ1) is 11.6. The summed E-state index contributed by atoms with van der Waals surface area (Å²) >= 11 is 4.56. The summed E-state index contributed by atoms with van der Waals surface area (Å²) in [5.41, 5.74) is 3.63. The number of isothiocyanates is 1. The van der Waals surface area contributed by atoms with Crippen LogP contribution >= 0.6 is 12.2 Å². The fraction of sp³-hybridized carbons (Fsp3) is 0.333. The average Bonchev–Trinajstić information content (AvgIpc) is 2.28. The summed E-state index contributed by atoms with van der Waals surface area (Å²) in [6.45, 7) is 4.17. The van der Waals surface area contributed by atoms with Crippen molar-refractivity contribution in [1.29, 1.82) is 5.26 Å². The maximum atomic E-state index is 8.96. The highest BCUT2D eigenvalue weighted by atomic mass is 32.1. The number of benzene rings is 1. The van der Waals surface area contributed by atoms with Gasteiger partial charge in [0.25, 0.3) is 0 Å². The topological polar surface area (TPSA) is 36.1 Å². The number of nitrogens with zero attached hydrogens (tertiary/aromatic N) is 2. The van der Waals surface area contributed by atoms with E-state index in [1.807, 2.05) is 12.1 Å². The lowest BCUT2D eigenvalue weighted by Gasteiger charge is -2.07. The number of hydrogen-bond donors (Lipinski definition) is 0. The number of nitriles is 1. The molecule has 15 heavy (non-hydrogen) atoms. The fourth-order valence-corrected chi connectivity index (χ4v) is 1.66. The van der Waals surface area contributed by atoms with E-state index in [4.69, 9.17) is 5.26 Å². The highest BCUT2D eigenvalue weighted by Gasteiger charge is 2.06. The number of thiocarbonyl (C=S) groups is 1. The molecule has 0 aliphatic rings. The average molecular weight is 216 g/mol. The quantitative estimate of drug-likeness (QED) is 0.573. The van der Waals surface area contributed by atoms with E-state index in [0.717, 1.165) is 12.8 Å². The Morgan fingerprint density at radius 1 is 1.27 bits per heavy atom. The van der Waals surface area contributed by atoms with Crippen molar-refractivity contribution in [2.45, 2.75) is 26.7 Å². The minimum atomic E-state index is 0.571. The van der Waals surface area contributed by atoms with Crippen LogP contribution in [0.4, 0.5) is 5.69 Å². The van der Waals surface area contributed by atoms with Crippen molar-refractivity contribution < 1.29 is 0 Å². The maximum Gasteiger partial charge on any atom is 0.101 e. The van der Waals surface area contributed by atoms with E-state index in [2.05, 4.69) is 42.3 Å². The second-order valence-corrected chi connectivity index (χ2v) is 3.34. The SMILES string of the molecule is CCc1cc(C#N)c(N=C=S)cc1CC. The first-order valence-corrected chi connectivity index (χ1v) is 5.31. The lowest BCUT2D eigenvalue weighted by atomic mass is 9.99. The smallest absolute Gasteiger partial charge is 0.101 e. The van der Waals surface area contributed by atoms with Gasteiger partial charge in [0.15, 0.2) is 0 Å². The molecule has 1 aromatic rings. The Balaban J connectivity index is 3.41. The summed E-state index contributed by atoms with van der Waals surface area (Å²) in [7, 11) is 0. The van der Waals surface area contributed by atoms with Crippen molar-refractivity contribution >= 4 is 23.1 Å². The third kappa shape index (κ3) is 2.50. The molecule has 2 nitrogen and oxygen atoms in total. The Kier molecular flexibility index (Phi) is 4.17. The molecule has 76 valence electrons. The van der Waals surface area contributed by atoms with E-state index in [1.54, 1.807) is 0 Å². The molecular weight excluding hydrogens is 204 g/mol. The zero-order chi connectivity index (χ0) is 11.3. The van der Waals surface area contributed by atoms with Gasteiger partial charge in [0, 0.05) is 0 Å². The second kappa shape index (κ2) is 5.41. The van der Waals surface area contributed by atoms with E-state index in [-0.39, 0.29) is 0 Å². The van der Waals surface area contributed by atoms with Crippen LogP contribution in [-0.2, 0) is 12.8 Å². The molecule has 0 heterocycles. The van der Waals surface area contributed by atoms with E-state index in [0.29, 0.717) is 11.3 Å². The molecule has 0 bridgehead atoms. The number of aryl methyl sites for hydroxylation is 2. The molecule has 0 amide bonds. The van der Waals surface area contributed by atoms with Crippen LogP contribution in [0.3, 0.4) is 0 Å². The van der Waals surface area contributed by atoms with Gasteiger partial charge in [0.05, 0.1) is 16.4 Å². The van der Waals surface area contributed by atoms with Crippen molar-refractivity contribution in [3.63, 3.8) is 0 Å². The minimum Gasteiger partial charge on any atom is -0.193 e. The third-order valence-corrected chi connectivity index (χ3v) is 2.46. The Hall–Kier alpha value is -1.49. The lowest BCUT2D eigenvalue weighted by molar-refractivity contribution is 1.03. The number of rotatable bonds is 3. The van der Waals surface area contributed by atoms with Gasteiger partial charge in [-0.1, -0.05) is 13.8 Å². The van der Waals surface area contributed by atoms with Gasteiger partial charge in [-0.3, -0.25) is 0 Å². The summed E-state index contributed by atoms with van der Waals surface area (Å²) in [6, 6.07) is 5.95.